The van der Waals surface area contributed by atoms with E-state index in [2.05, 4.69) is 17.4 Å². The molecule has 118 valence electrons. The van der Waals surface area contributed by atoms with Gasteiger partial charge >= 0.3 is 0 Å². The zero-order valence-corrected chi connectivity index (χ0v) is 13.5. The molecule has 0 saturated heterocycles. The van der Waals surface area contributed by atoms with E-state index in [1.54, 1.807) is 0 Å². The lowest BCUT2D eigenvalue weighted by molar-refractivity contribution is 0.279. The van der Waals surface area contributed by atoms with Gasteiger partial charge in [0, 0.05) is 11.5 Å². The number of nitrogens with two attached hydrogens (primary N) is 1. The van der Waals surface area contributed by atoms with Crippen molar-refractivity contribution in [3.63, 3.8) is 0 Å². The summed E-state index contributed by atoms with van der Waals surface area (Å²) >= 11 is 0. The first-order valence-corrected chi connectivity index (χ1v) is 8.19. The Kier molecular flexibility index (Phi) is 7.35. The molecule has 0 aromatic carbocycles. The van der Waals surface area contributed by atoms with Crippen LogP contribution in [0.15, 0.2) is 5.16 Å². The monoisotopic (exact) mass is 283 g/mol. The molecule has 0 aromatic heterocycles. The van der Waals surface area contributed by atoms with Gasteiger partial charge in [0.1, 0.15) is 5.84 Å². The molecule has 0 heterocycles. The second-order valence-corrected chi connectivity index (χ2v) is 6.97. The Hall–Kier alpha value is -0.770. The van der Waals surface area contributed by atoms with Crippen LogP contribution in [-0.4, -0.2) is 23.6 Å². The summed E-state index contributed by atoms with van der Waals surface area (Å²) in [4.78, 5) is 0. The smallest absolute Gasteiger partial charge is 0.144 e. The summed E-state index contributed by atoms with van der Waals surface area (Å²) in [5.74, 6) is 1.21. The molecule has 0 bridgehead atoms. The summed E-state index contributed by atoms with van der Waals surface area (Å²) < 4.78 is 0. The highest BCUT2D eigenvalue weighted by atomic mass is 16.4. The topological polar surface area (TPSA) is 70.6 Å². The first-order valence-electron chi connectivity index (χ1n) is 8.19. The van der Waals surface area contributed by atoms with Gasteiger partial charge in [-0.25, -0.2) is 0 Å². The van der Waals surface area contributed by atoms with Crippen LogP contribution in [0.25, 0.3) is 0 Å². The molecular formula is C16H33N3O. The molecule has 1 aliphatic rings. The Morgan fingerprint density at radius 2 is 1.95 bits per heavy atom. The van der Waals surface area contributed by atoms with Gasteiger partial charge in [-0.3, -0.25) is 0 Å². The van der Waals surface area contributed by atoms with E-state index in [1.165, 1.54) is 32.1 Å². The largest absolute Gasteiger partial charge is 0.409 e. The Morgan fingerprint density at radius 3 is 2.55 bits per heavy atom. The summed E-state index contributed by atoms with van der Waals surface area (Å²) in [6.45, 7) is 7.46. The third kappa shape index (κ3) is 5.70. The van der Waals surface area contributed by atoms with Gasteiger partial charge in [-0.15, -0.1) is 0 Å². The van der Waals surface area contributed by atoms with Gasteiger partial charge in [0.2, 0.25) is 0 Å². The molecule has 1 fully saturated rings. The Labute approximate surface area is 124 Å². The van der Waals surface area contributed by atoms with Crippen molar-refractivity contribution in [2.45, 2.75) is 78.2 Å². The molecular weight excluding hydrogens is 250 g/mol. The Bertz CT molecular complexity index is 296. The van der Waals surface area contributed by atoms with E-state index < -0.39 is 0 Å². The summed E-state index contributed by atoms with van der Waals surface area (Å²) in [6.07, 6.45) is 10.2. The predicted molar refractivity (Wildman–Crippen MR) is 85.1 cm³/mol. The Morgan fingerprint density at radius 1 is 1.30 bits per heavy atom. The zero-order valence-electron chi connectivity index (χ0n) is 13.5. The van der Waals surface area contributed by atoms with Gasteiger partial charge in [0.05, 0.1) is 0 Å². The minimum atomic E-state index is -0.205. The van der Waals surface area contributed by atoms with Gasteiger partial charge in [-0.2, -0.15) is 0 Å². The zero-order chi connectivity index (χ0) is 15.0. The van der Waals surface area contributed by atoms with Crippen molar-refractivity contribution in [2.75, 3.05) is 6.54 Å². The van der Waals surface area contributed by atoms with E-state index in [0.29, 0.717) is 11.9 Å². The number of amidine groups is 1. The minimum Gasteiger partial charge on any atom is -0.409 e. The third-order valence-electron chi connectivity index (χ3n) is 4.85. The highest BCUT2D eigenvalue weighted by Crippen LogP contribution is 2.26. The number of unbranched alkanes of at least 4 members (excludes halogenated alkanes) is 1. The van der Waals surface area contributed by atoms with Crippen LogP contribution in [0.2, 0.25) is 0 Å². The maximum Gasteiger partial charge on any atom is 0.144 e. The fourth-order valence-electron chi connectivity index (χ4n) is 3.09. The maximum absolute atomic E-state index is 8.74. The lowest BCUT2D eigenvalue weighted by Gasteiger charge is -2.28. The molecule has 4 heteroatoms. The average molecular weight is 283 g/mol. The number of rotatable bonds is 8. The minimum absolute atomic E-state index is 0.205. The molecule has 0 amide bonds. The van der Waals surface area contributed by atoms with Crippen molar-refractivity contribution >= 4 is 5.84 Å². The molecule has 4 nitrogen and oxygen atoms in total. The second kappa shape index (κ2) is 8.50. The molecule has 0 radical (unpaired) electrons. The van der Waals surface area contributed by atoms with Crippen molar-refractivity contribution in [2.24, 2.45) is 22.2 Å². The fraction of sp³-hybridized carbons (Fsp3) is 0.938. The molecule has 1 atom stereocenters. The third-order valence-corrected chi connectivity index (χ3v) is 4.85. The van der Waals surface area contributed by atoms with E-state index in [1.807, 2.05) is 13.8 Å². The van der Waals surface area contributed by atoms with E-state index >= 15 is 0 Å². The summed E-state index contributed by atoms with van der Waals surface area (Å²) in [7, 11) is 0. The van der Waals surface area contributed by atoms with Crippen LogP contribution in [-0.2, 0) is 0 Å². The van der Waals surface area contributed by atoms with E-state index in [4.69, 9.17) is 10.9 Å². The molecule has 0 aliphatic heterocycles. The van der Waals surface area contributed by atoms with Crippen molar-refractivity contribution in [1.29, 1.82) is 0 Å². The summed E-state index contributed by atoms with van der Waals surface area (Å²) in [6, 6.07) is 0.646. The van der Waals surface area contributed by atoms with Crippen LogP contribution in [0.5, 0.6) is 0 Å². The highest BCUT2D eigenvalue weighted by molar-refractivity contribution is 5.85. The molecule has 0 aromatic rings. The number of oxime groups is 1. The first-order chi connectivity index (χ1) is 9.47. The normalized spacial score (nSPS) is 20.1. The number of nitrogens with zero attached hydrogens (tertiary/aromatic N) is 1. The predicted octanol–water partition coefficient (Wildman–Crippen LogP) is 3.49. The molecule has 4 N–H and O–H groups in total. The summed E-state index contributed by atoms with van der Waals surface area (Å²) in [5.41, 5.74) is 5.49. The average Bonchev–Trinajstić information content (AvgIpc) is 2.46. The molecule has 0 unspecified atom stereocenters. The van der Waals surface area contributed by atoms with Crippen molar-refractivity contribution in [3.05, 3.63) is 0 Å². The van der Waals surface area contributed by atoms with E-state index in [0.717, 1.165) is 31.7 Å². The van der Waals surface area contributed by atoms with Crippen molar-refractivity contribution in [1.82, 2.24) is 5.32 Å². The molecule has 1 aliphatic carbocycles. The number of hydrogen-bond acceptors (Lipinski definition) is 3. The van der Waals surface area contributed by atoms with Gasteiger partial charge in [0.15, 0.2) is 0 Å². The van der Waals surface area contributed by atoms with Crippen LogP contribution in [0, 0.1) is 11.3 Å². The Balaban J connectivity index is 2.12. The molecule has 1 saturated carbocycles. The number of nitrogens with one attached hydrogen (secondary N) is 1. The lowest BCUT2D eigenvalue weighted by atomic mass is 9.84. The van der Waals surface area contributed by atoms with Crippen LogP contribution in [0.3, 0.4) is 0 Å². The van der Waals surface area contributed by atoms with Gasteiger partial charge in [0.25, 0.3) is 0 Å². The molecule has 20 heavy (non-hydrogen) atoms. The van der Waals surface area contributed by atoms with Crippen LogP contribution in [0.1, 0.15) is 72.1 Å². The highest BCUT2D eigenvalue weighted by Gasteiger charge is 2.23. The van der Waals surface area contributed by atoms with Gasteiger partial charge < -0.3 is 16.3 Å². The van der Waals surface area contributed by atoms with Crippen LogP contribution in [0.4, 0.5) is 0 Å². The van der Waals surface area contributed by atoms with Crippen LogP contribution >= 0.6 is 0 Å². The quantitative estimate of drug-likeness (QED) is 0.210. The number of hydrogen-bond donors (Lipinski definition) is 3. The fourth-order valence-corrected chi connectivity index (χ4v) is 3.09. The van der Waals surface area contributed by atoms with Crippen LogP contribution < -0.4 is 11.1 Å². The summed E-state index contributed by atoms with van der Waals surface area (Å²) in [5, 5.41) is 15.5. The van der Waals surface area contributed by atoms with Crippen molar-refractivity contribution < 1.29 is 5.21 Å². The SMILES string of the molecule is C[C@H](NCCCCC(C)(C)C(N)=NO)C1CCCCC1. The second-order valence-electron chi connectivity index (χ2n) is 6.97. The lowest BCUT2D eigenvalue weighted by Crippen LogP contribution is -2.35. The molecule has 0 spiro atoms. The molecule has 1 rings (SSSR count). The van der Waals surface area contributed by atoms with Gasteiger partial charge in [-0.05, 0) is 45.1 Å². The van der Waals surface area contributed by atoms with E-state index in [9.17, 15) is 0 Å². The first kappa shape index (κ1) is 17.3. The standard InChI is InChI=1S/C16H33N3O/c1-13(14-9-5-4-6-10-14)18-12-8-7-11-16(2,3)15(17)19-20/h13-14,18,20H,4-12H2,1-3H3,(H2,17,19)/t13-/m0/s1. The maximum atomic E-state index is 8.74. The van der Waals surface area contributed by atoms with E-state index in [-0.39, 0.29) is 5.41 Å². The van der Waals surface area contributed by atoms with Crippen molar-refractivity contribution in [3.8, 4) is 0 Å². The van der Waals surface area contributed by atoms with Gasteiger partial charge in [-0.1, -0.05) is 44.7 Å².